The van der Waals surface area contributed by atoms with E-state index in [1.165, 1.54) is 6.33 Å². The number of nitrogens with zero attached hydrogens (tertiary/aromatic N) is 8. The zero-order valence-corrected chi connectivity index (χ0v) is 21.1. The van der Waals surface area contributed by atoms with E-state index in [2.05, 4.69) is 46.0 Å². The van der Waals surface area contributed by atoms with Gasteiger partial charge in [-0.25, -0.2) is 14.6 Å². The third-order valence-electron chi connectivity index (χ3n) is 5.91. The number of piperidine rings is 1. The lowest BCUT2D eigenvalue weighted by atomic mass is 10.1. The van der Waals surface area contributed by atoms with Gasteiger partial charge in [0, 0.05) is 18.0 Å². The Labute approximate surface area is 221 Å². The molecule has 200 valence electrons. The quantitative estimate of drug-likeness (QED) is 0.303. The number of hydrogen-bond acceptors (Lipinski definition) is 10. The van der Waals surface area contributed by atoms with Crippen molar-refractivity contribution in [1.29, 1.82) is 0 Å². The van der Waals surface area contributed by atoms with E-state index in [1.54, 1.807) is 40.1 Å². The molecule has 2 N–H and O–H groups in total. The summed E-state index contributed by atoms with van der Waals surface area (Å²) in [4.78, 5) is 8.69. The van der Waals surface area contributed by atoms with Gasteiger partial charge in [0.05, 0.1) is 23.8 Å². The minimum absolute atomic E-state index is 0.0898. The number of nitrogens with one attached hydrogen (secondary N) is 2. The molecule has 4 heterocycles. The van der Waals surface area contributed by atoms with Crippen LogP contribution in [-0.2, 0) is 6.54 Å². The summed E-state index contributed by atoms with van der Waals surface area (Å²) >= 11 is 6.34. The monoisotopic (exact) mass is 546 g/mol. The maximum absolute atomic E-state index is 13.0. The standard InChI is InChI=1S/C23H25ClF2N10O2/c1-14(11-35-13-30-33-34-35)37-20-8-15(2-3-18(20)24)16-9-28-23(29-10-16)31-19-12-36(17-4-6-27-7-5-17)32-21(19)38-22(25)26/h2-3,8-10,12-14,17,22,27H,4-7,11H2,1H3,(H,28,29,31)/t14-/m0/s1. The first kappa shape index (κ1) is 25.7. The Balaban J connectivity index is 1.30. The summed E-state index contributed by atoms with van der Waals surface area (Å²) < 4.78 is 39.8. The van der Waals surface area contributed by atoms with Crippen molar-refractivity contribution >= 4 is 23.2 Å². The molecule has 5 rings (SSSR count). The lowest BCUT2D eigenvalue weighted by Gasteiger charge is -2.22. The van der Waals surface area contributed by atoms with Crippen LogP contribution in [-0.4, -0.2) is 65.8 Å². The van der Waals surface area contributed by atoms with Crippen molar-refractivity contribution in [3.8, 4) is 22.8 Å². The molecular formula is C23H25ClF2N10O2. The summed E-state index contributed by atoms with van der Waals surface area (Å²) in [5.74, 6) is 0.491. The number of alkyl halides is 2. The number of aromatic nitrogens is 8. The van der Waals surface area contributed by atoms with Crippen molar-refractivity contribution in [2.24, 2.45) is 0 Å². The van der Waals surface area contributed by atoms with E-state index in [4.69, 9.17) is 16.3 Å². The second kappa shape index (κ2) is 11.6. The van der Waals surface area contributed by atoms with Gasteiger partial charge in [-0.2, -0.15) is 8.78 Å². The molecule has 0 amide bonds. The molecule has 1 aliphatic rings. The second-order valence-corrected chi connectivity index (χ2v) is 9.12. The highest BCUT2D eigenvalue weighted by Gasteiger charge is 2.22. The van der Waals surface area contributed by atoms with Crippen LogP contribution in [0.3, 0.4) is 0 Å². The third kappa shape index (κ3) is 6.31. The molecule has 1 fully saturated rings. The number of anilines is 2. The Morgan fingerprint density at radius 3 is 2.66 bits per heavy atom. The lowest BCUT2D eigenvalue weighted by Crippen LogP contribution is -2.29. The van der Waals surface area contributed by atoms with Gasteiger partial charge in [-0.1, -0.05) is 17.7 Å². The van der Waals surface area contributed by atoms with Crippen LogP contribution in [0.4, 0.5) is 20.4 Å². The minimum atomic E-state index is -3.01. The van der Waals surface area contributed by atoms with Crippen molar-refractivity contribution in [1.82, 2.24) is 45.3 Å². The van der Waals surface area contributed by atoms with E-state index in [0.717, 1.165) is 31.5 Å². The number of tetrazole rings is 1. The fourth-order valence-electron chi connectivity index (χ4n) is 4.11. The van der Waals surface area contributed by atoms with Crippen LogP contribution in [0.15, 0.2) is 43.1 Å². The molecule has 1 aliphatic heterocycles. The zero-order valence-electron chi connectivity index (χ0n) is 20.3. The van der Waals surface area contributed by atoms with Gasteiger partial charge >= 0.3 is 6.61 Å². The SMILES string of the molecule is C[C@@H](Cn1cnnn1)Oc1cc(-c2cnc(Nc3cn(C4CCNCC4)nc3OC(F)F)nc2)ccc1Cl. The van der Waals surface area contributed by atoms with Gasteiger partial charge in [-0.05, 0) is 61.0 Å². The molecule has 12 nitrogen and oxygen atoms in total. The Morgan fingerprint density at radius 1 is 1.16 bits per heavy atom. The van der Waals surface area contributed by atoms with E-state index in [-0.39, 0.29) is 29.7 Å². The van der Waals surface area contributed by atoms with Gasteiger partial charge < -0.3 is 20.1 Å². The highest BCUT2D eigenvalue weighted by Crippen LogP contribution is 2.33. The summed E-state index contributed by atoms with van der Waals surface area (Å²) in [5.41, 5.74) is 1.75. The molecule has 1 atom stereocenters. The van der Waals surface area contributed by atoms with Gasteiger partial charge in [0.15, 0.2) is 0 Å². The predicted molar refractivity (Wildman–Crippen MR) is 134 cm³/mol. The van der Waals surface area contributed by atoms with Crippen molar-refractivity contribution in [3.63, 3.8) is 0 Å². The molecule has 4 aromatic rings. The Kier molecular flexibility index (Phi) is 7.89. The van der Waals surface area contributed by atoms with Crippen LogP contribution >= 0.6 is 11.6 Å². The maximum atomic E-state index is 13.0. The number of halogens is 3. The smallest absolute Gasteiger partial charge is 0.388 e. The van der Waals surface area contributed by atoms with Crippen molar-refractivity contribution in [2.45, 2.75) is 45.1 Å². The molecule has 0 radical (unpaired) electrons. The first-order chi connectivity index (χ1) is 18.4. The van der Waals surface area contributed by atoms with Gasteiger partial charge in [0.2, 0.25) is 5.95 Å². The molecule has 0 spiro atoms. The Bertz CT molecular complexity index is 1330. The highest BCUT2D eigenvalue weighted by molar-refractivity contribution is 6.32. The van der Waals surface area contributed by atoms with Gasteiger partial charge in [0.25, 0.3) is 5.88 Å². The molecular weight excluding hydrogens is 522 g/mol. The molecule has 0 unspecified atom stereocenters. The Hall–Kier alpha value is -3.91. The summed E-state index contributed by atoms with van der Waals surface area (Å²) in [7, 11) is 0. The van der Waals surface area contributed by atoms with Crippen molar-refractivity contribution in [2.75, 3.05) is 18.4 Å². The summed E-state index contributed by atoms with van der Waals surface area (Å²) in [6.45, 7) is 0.986. The molecule has 0 bridgehead atoms. The van der Waals surface area contributed by atoms with E-state index in [0.29, 0.717) is 22.9 Å². The molecule has 0 saturated carbocycles. The summed E-state index contributed by atoms with van der Waals surface area (Å²) in [6.07, 6.45) is 7.79. The fourth-order valence-corrected chi connectivity index (χ4v) is 4.27. The zero-order chi connectivity index (χ0) is 26.5. The van der Waals surface area contributed by atoms with Crippen LogP contribution in [0, 0.1) is 0 Å². The molecule has 1 aromatic carbocycles. The predicted octanol–water partition coefficient (Wildman–Crippen LogP) is 3.72. The first-order valence-electron chi connectivity index (χ1n) is 12.0. The topological polar surface area (TPSA) is 130 Å². The minimum Gasteiger partial charge on any atom is -0.487 e. The first-order valence-corrected chi connectivity index (χ1v) is 12.3. The lowest BCUT2D eigenvalue weighted by molar-refractivity contribution is -0.0528. The van der Waals surface area contributed by atoms with Gasteiger partial charge in [0.1, 0.15) is 23.9 Å². The number of hydrogen-bond donors (Lipinski definition) is 2. The number of rotatable bonds is 10. The average molecular weight is 547 g/mol. The van der Waals surface area contributed by atoms with Crippen LogP contribution < -0.4 is 20.1 Å². The van der Waals surface area contributed by atoms with E-state index in [9.17, 15) is 8.78 Å². The molecule has 15 heteroatoms. The van der Waals surface area contributed by atoms with Crippen molar-refractivity contribution < 1.29 is 18.3 Å². The van der Waals surface area contributed by atoms with E-state index >= 15 is 0 Å². The summed E-state index contributed by atoms with van der Waals surface area (Å²) in [5, 5.41) is 22.0. The molecule has 3 aromatic heterocycles. The van der Waals surface area contributed by atoms with Crippen molar-refractivity contribution in [3.05, 3.63) is 48.1 Å². The molecule has 0 aliphatic carbocycles. The average Bonchev–Trinajstić information content (AvgIpc) is 3.56. The normalized spacial score (nSPS) is 15.0. The van der Waals surface area contributed by atoms with Crippen LogP contribution in [0.25, 0.3) is 11.1 Å². The molecule has 1 saturated heterocycles. The van der Waals surface area contributed by atoms with E-state index < -0.39 is 6.61 Å². The van der Waals surface area contributed by atoms with Crippen LogP contribution in [0.1, 0.15) is 25.8 Å². The van der Waals surface area contributed by atoms with Crippen LogP contribution in [0.5, 0.6) is 11.6 Å². The van der Waals surface area contributed by atoms with Crippen LogP contribution in [0.2, 0.25) is 5.02 Å². The highest BCUT2D eigenvalue weighted by atomic mass is 35.5. The maximum Gasteiger partial charge on any atom is 0.388 e. The third-order valence-corrected chi connectivity index (χ3v) is 6.22. The number of benzene rings is 1. The second-order valence-electron chi connectivity index (χ2n) is 8.71. The fraction of sp³-hybridized carbons (Fsp3) is 0.391. The Morgan fingerprint density at radius 2 is 1.95 bits per heavy atom. The van der Waals surface area contributed by atoms with E-state index in [1.807, 2.05) is 13.0 Å². The summed E-state index contributed by atoms with van der Waals surface area (Å²) in [6, 6.07) is 5.43. The number of ether oxygens (including phenoxy) is 2. The van der Waals surface area contributed by atoms with Gasteiger partial charge in [-0.15, -0.1) is 10.2 Å². The molecule has 38 heavy (non-hydrogen) atoms. The largest absolute Gasteiger partial charge is 0.487 e. The van der Waals surface area contributed by atoms with Gasteiger partial charge in [-0.3, -0.25) is 4.68 Å².